The van der Waals surface area contributed by atoms with Gasteiger partial charge < -0.3 is 5.11 Å². The summed E-state index contributed by atoms with van der Waals surface area (Å²) in [6.45, 7) is 0. The number of benzene rings is 2. The Labute approximate surface area is 106 Å². The molecule has 2 aromatic rings. The first-order chi connectivity index (χ1) is 8.47. The van der Waals surface area contributed by atoms with E-state index >= 15 is 0 Å². The average Bonchev–Trinajstić information content (AvgIpc) is 2.31. The fourth-order valence-corrected chi connectivity index (χ4v) is 1.81. The molecule has 0 amide bonds. The largest absolute Gasteiger partial charge is 0.478 e. The molecular formula is C13H7ClF2O2. The van der Waals surface area contributed by atoms with Crippen LogP contribution in [0.15, 0.2) is 36.4 Å². The van der Waals surface area contributed by atoms with Crippen LogP contribution < -0.4 is 0 Å². The monoisotopic (exact) mass is 268 g/mol. The van der Waals surface area contributed by atoms with Crippen LogP contribution in [0.4, 0.5) is 8.78 Å². The van der Waals surface area contributed by atoms with Gasteiger partial charge in [-0.05, 0) is 42.0 Å². The highest BCUT2D eigenvalue weighted by Crippen LogP contribution is 2.29. The smallest absolute Gasteiger partial charge is 0.335 e. The lowest BCUT2D eigenvalue weighted by Gasteiger charge is -2.06. The standard InChI is InChI=1S/C13H7ClF2O2/c14-12-2-1-9(15)6-11(12)7-3-8(13(17)18)5-10(16)4-7/h1-6H,(H,17,18). The van der Waals surface area contributed by atoms with Gasteiger partial charge in [0.2, 0.25) is 0 Å². The Bertz CT molecular complexity index is 626. The Morgan fingerprint density at radius 2 is 1.78 bits per heavy atom. The van der Waals surface area contributed by atoms with Crippen molar-refractivity contribution >= 4 is 17.6 Å². The molecule has 2 aromatic carbocycles. The van der Waals surface area contributed by atoms with Crippen molar-refractivity contribution < 1.29 is 18.7 Å². The number of hydrogen-bond acceptors (Lipinski definition) is 1. The molecule has 0 bridgehead atoms. The molecule has 0 spiro atoms. The van der Waals surface area contributed by atoms with Crippen molar-refractivity contribution in [2.45, 2.75) is 0 Å². The Balaban J connectivity index is 2.63. The molecular weight excluding hydrogens is 262 g/mol. The van der Waals surface area contributed by atoms with Crippen molar-refractivity contribution in [2.24, 2.45) is 0 Å². The molecule has 0 saturated heterocycles. The van der Waals surface area contributed by atoms with Gasteiger partial charge in [0.05, 0.1) is 5.56 Å². The Hall–Kier alpha value is -1.94. The molecule has 0 fully saturated rings. The summed E-state index contributed by atoms with van der Waals surface area (Å²) in [5, 5.41) is 9.05. The molecule has 0 saturated carbocycles. The third-order valence-electron chi connectivity index (χ3n) is 2.38. The van der Waals surface area contributed by atoms with E-state index in [1.165, 1.54) is 18.2 Å². The summed E-state index contributed by atoms with van der Waals surface area (Å²) in [4.78, 5) is 10.8. The molecule has 5 heteroatoms. The molecule has 0 aromatic heterocycles. The topological polar surface area (TPSA) is 37.3 Å². The van der Waals surface area contributed by atoms with Crippen molar-refractivity contribution in [3.63, 3.8) is 0 Å². The molecule has 2 nitrogen and oxygen atoms in total. The first-order valence-electron chi connectivity index (χ1n) is 4.96. The number of carbonyl (C=O) groups is 1. The number of aromatic carboxylic acids is 1. The minimum Gasteiger partial charge on any atom is -0.478 e. The van der Waals surface area contributed by atoms with Gasteiger partial charge in [-0.15, -0.1) is 0 Å². The number of carboxylic acids is 1. The maximum Gasteiger partial charge on any atom is 0.335 e. The first-order valence-corrected chi connectivity index (χ1v) is 5.34. The second kappa shape index (κ2) is 4.74. The second-order valence-electron chi connectivity index (χ2n) is 3.66. The van der Waals surface area contributed by atoms with Crippen LogP contribution in [0.1, 0.15) is 10.4 Å². The maximum absolute atomic E-state index is 13.3. The Morgan fingerprint density at radius 1 is 1.06 bits per heavy atom. The molecule has 18 heavy (non-hydrogen) atoms. The zero-order chi connectivity index (χ0) is 13.3. The molecule has 0 atom stereocenters. The molecule has 0 aliphatic rings. The zero-order valence-electron chi connectivity index (χ0n) is 8.95. The molecule has 1 N–H and O–H groups in total. The average molecular weight is 269 g/mol. The summed E-state index contributed by atoms with van der Waals surface area (Å²) >= 11 is 5.88. The fourth-order valence-electron chi connectivity index (χ4n) is 1.59. The molecule has 0 heterocycles. The summed E-state index contributed by atoms with van der Waals surface area (Å²) in [5.41, 5.74) is 0.251. The van der Waals surface area contributed by atoms with E-state index in [9.17, 15) is 13.6 Å². The van der Waals surface area contributed by atoms with Crippen LogP contribution in [0.5, 0.6) is 0 Å². The third-order valence-corrected chi connectivity index (χ3v) is 2.71. The van der Waals surface area contributed by atoms with E-state index in [-0.39, 0.29) is 21.7 Å². The summed E-state index contributed by atoms with van der Waals surface area (Å²) in [6.07, 6.45) is 0. The number of halogens is 3. The molecule has 0 aliphatic heterocycles. The van der Waals surface area contributed by atoms with Crippen molar-refractivity contribution in [3.05, 3.63) is 58.6 Å². The van der Waals surface area contributed by atoms with Crippen LogP contribution in [0.2, 0.25) is 5.02 Å². The van der Waals surface area contributed by atoms with Crippen LogP contribution in [-0.4, -0.2) is 11.1 Å². The SMILES string of the molecule is O=C(O)c1cc(F)cc(-c2cc(F)ccc2Cl)c1. The van der Waals surface area contributed by atoms with Crippen molar-refractivity contribution in [2.75, 3.05) is 0 Å². The lowest BCUT2D eigenvalue weighted by molar-refractivity contribution is 0.0696. The van der Waals surface area contributed by atoms with E-state index in [0.29, 0.717) is 0 Å². The summed E-state index contributed by atoms with van der Waals surface area (Å²) in [5.74, 6) is -2.51. The van der Waals surface area contributed by atoms with Gasteiger partial charge in [-0.1, -0.05) is 11.6 Å². The molecule has 0 aliphatic carbocycles. The van der Waals surface area contributed by atoms with Gasteiger partial charge in [-0.2, -0.15) is 0 Å². The van der Waals surface area contributed by atoms with E-state index in [1.54, 1.807) is 0 Å². The summed E-state index contributed by atoms with van der Waals surface area (Å²) in [7, 11) is 0. The summed E-state index contributed by atoms with van der Waals surface area (Å²) in [6, 6.07) is 6.86. The minimum absolute atomic E-state index is 0.217. The Kier molecular flexibility index (Phi) is 3.30. The summed E-state index contributed by atoms with van der Waals surface area (Å²) < 4.78 is 26.4. The third kappa shape index (κ3) is 2.49. The minimum atomic E-state index is -1.26. The van der Waals surface area contributed by atoms with Gasteiger partial charge in [0, 0.05) is 10.6 Å². The number of hydrogen-bond donors (Lipinski definition) is 1. The van der Waals surface area contributed by atoms with Crippen LogP contribution in [0.3, 0.4) is 0 Å². The highest BCUT2D eigenvalue weighted by atomic mass is 35.5. The predicted molar refractivity (Wildman–Crippen MR) is 63.8 cm³/mol. The van der Waals surface area contributed by atoms with Crippen LogP contribution in [0.25, 0.3) is 11.1 Å². The van der Waals surface area contributed by atoms with Gasteiger partial charge in [0.15, 0.2) is 0 Å². The van der Waals surface area contributed by atoms with Crippen molar-refractivity contribution in [3.8, 4) is 11.1 Å². The predicted octanol–water partition coefficient (Wildman–Crippen LogP) is 3.98. The van der Waals surface area contributed by atoms with E-state index < -0.39 is 17.6 Å². The van der Waals surface area contributed by atoms with Gasteiger partial charge in [-0.3, -0.25) is 0 Å². The normalized spacial score (nSPS) is 10.4. The number of rotatable bonds is 2. The Morgan fingerprint density at radius 3 is 2.44 bits per heavy atom. The highest BCUT2D eigenvalue weighted by Gasteiger charge is 2.11. The van der Waals surface area contributed by atoms with Crippen LogP contribution in [-0.2, 0) is 0 Å². The van der Waals surface area contributed by atoms with Gasteiger partial charge in [0.1, 0.15) is 11.6 Å². The van der Waals surface area contributed by atoms with E-state index in [2.05, 4.69) is 0 Å². The van der Waals surface area contributed by atoms with Gasteiger partial charge in [-0.25, -0.2) is 13.6 Å². The van der Waals surface area contributed by atoms with Crippen LogP contribution in [0, 0.1) is 11.6 Å². The highest BCUT2D eigenvalue weighted by molar-refractivity contribution is 6.33. The fraction of sp³-hybridized carbons (Fsp3) is 0. The van der Waals surface area contributed by atoms with Crippen molar-refractivity contribution in [1.82, 2.24) is 0 Å². The first kappa shape index (κ1) is 12.5. The quantitative estimate of drug-likeness (QED) is 0.894. The number of carboxylic acid groups (broad SMARTS) is 1. The van der Waals surface area contributed by atoms with Crippen LogP contribution >= 0.6 is 11.6 Å². The van der Waals surface area contributed by atoms with Crippen molar-refractivity contribution in [1.29, 1.82) is 0 Å². The van der Waals surface area contributed by atoms with E-state index in [4.69, 9.17) is 16.7 Å². The van der Waals surface area contributed by atoms with E-state index in [0.717, 1.165) is 18.2 Å². The lowest BCUT2D eigenvalue weighted by Crippen LogP contribution is -1.98. The molecule has 92 valence electrons. The maximum atomic E-state index is 13.3. The van der Waals surface area contributed by atoms with Gasteiger partial charge in [0.25, 0.3) is 0 Å². The lowest BCUT2D eigenvalue weighted by atomic mass is 10.0. The second-order valence-corrected chi connectivity index (χ2v) is 4.07. The zero-order valence-corrected chi connectivity index (χ0v) is 9.71. The molecule has 0 radical (unpaired) electrons. The van der Waals surface area contributed by atoms with E-state index in [1.807, 2.05) is 0 Å². The molecule has 0 unspecified atom stereocenters. The molecule has 2 rings (SSSR count). The van der Waals surface area contributed by atoms with Gasteiger partial charge >= 0.3 is 5.97 Å².